The van der Waals surface area contributed by atoms with Gasteiger partial charge < -0.3 is 30.2 Å². The molecular formula is C23H52ClNO3Si. The number of hydrogen-bond acceptors (Lipinski definition) is 3. The van der Waals surface area contributed by atoms with Crippen LogP contribution >= 0.6 is 0 Å². The summed E-state index contributed by atoms with van der Waals surface area (Å²) in [6.07, 6.45) is 13.8. The molecule has 6 heteroatoms. The highest BCUT2D eigenvalue weighted by Crippen LogP contribution is 2.21. The van der Waals surface area contributed by atoms with Gasteiger partial charge in [-0.2, -0.15) is 0 Å². The Hall–Kier alpha value is 0.347. The largest absolute Gasteiger partial charge is 1.00 e. The third-order valence-corrected chi connectivity index (χ3v) is 8.09. The molecule has 0 aromatic rings. The molecular weight excluding hydrogens is 402 g/mol. The van der Waals surface area contributed by atoms with Crippen molar-refractivity contribution in [3.63, 3.8) is 0 Å². The molecule has 4 nitrogen and oxygen atoms in total. The number of hydrogen-bond donors (Lipinski definition) is 0. The Morgan fingerprint density at radius 1 is 0.552 bits per heavy atom. The molecule has 0 saturated heterocycles. The standard InChI is InChI=1S/C23H52NO3Si.ClH/c1-7-11-12-13-14-15-16-18-24(5,6)19-17-23-28(25-20-8-2,26-21-9-3)27-22-10-4;/h7-23H2,1-6H3;1H/q+1;/p-1. The summed E-state index contributed by atoms with van der Waals surface area (Å²) in [6.45, 7) is 13.4. The molecule has 29 heavy (non-hydrogen) atoms. The summed E-state index contributed by atoms with van der Waals surface area (Å²) in [6, 6.07) is 0.950. The van der Waals surface area contributed by atoms with Gasteiger partial charge in [0.05, 0.1) is 27.2 Å². The molecule has 0 fully saturated rings. The molecule has 0 spiro atoms. The average Bonchev–Trinajstić information content (AvgIpc) is 2.68. The molecule has 0 aromatic heterocycles. The molecule has 0 rings (SSSR count). The molecule has 0 unspecified atom stereocenters. The minimum absolute atomic E-state index is 0. The molecule has 0 radical (unpaired) electrons. The predicted molar refractivity (Wildman–Crippen MR) is 124 cm³/mol. The first-order chi connectivity index (χ1) is 13.4. The Morgan fingerprint density at radius 3 is 1.41 bits per heavy atom. The molecule has 0 heterocycles. The minimum atomic E-state index is -2.53. The zero-order chi connectivity index (χ0) is 21.1. The molecule has 0 amide bonds. The maximum atomic E-state index is 6.23. The normalized spacial score (nSPS) is 12.2. The quantitative estimate of drug-likeness (QED) is 0.151. The summed E-state index contributed by atoms with van der Waals surface area (Å²) in [5.74, 6) is 0. The van der Waals surface area contributed by atoms with Crippen LogP contribution in [0.4, 0.5) is 0 Å². The fourth-order valence-electron chi connectivity index (χ4n) is 3.45. The van der Waals surface area contributed by atoms with E-state index in [0.29, 0.717) is 0 Å². The van der Waals surface area contributed by atoms with Crippen molar-refractivity contribution in [2.24, 2.45) is 0 Å². The van der Waals surface area contributed by atoms with Crippen molar-refractivity contribution >= 4 is 8.80 Å². The van der Waals surface area contributed by atoms with Gasteiger partial charge in [0.25, 0.3) is 0 Å². The summed E-state index contributed by atoms with van der Waals surface area (Å²) in [4.78, 5) is 0. The van der Waals surface area contributed by atoms with Gasteiger partial charge in [-0.1, -0.05) is 59.8 Å². The molecule has 0 aliphatic rings. The Labute approximate surface area is 190 Å². The molecule has 0 saturated carbocycles. The fourth-order valence-corrected chi connectivity index (χ4v) is 6.27. The van der Waals surface area contributed by atoms with E-state index in [1.165, 1.54) is 58.0 Å². The Balaban J connectivity index is 0. The van der Waals surface area contributed by atoms with Crippen molar-refractivity contribution in [3.05, 3.63) is 0 Å². The van der Waals surface area contributed by atoms with Crippen LogP contribution in [0.25, 0.3) is 0 Å². The van der Waals surface area contributed by atoms with Crippen molar-refractivity contribution in [2.45, 2.75) is 104 Å². The lowest BCUT2D eigenvalue weighted by Gasteiger charge is -2.33. The van der Waals surface area contributed by atoms with E-state index in [9.17, 15) is 0 Å². The zero-order valence-electron chi connectivity index (χ0n) is 20.6. The summed E-state index contributed by atoms with van der Waals surface area (Å²) in [5, 5.41) is 0. The molecule has 0 atom stereocenters. The van der Waals surface area contributed by atoms with Gasteiger partial charge >= 0.3 is 8.80 Å². The maximum Gasteiger partial charge on any atom is 0.501 e. The lowest BCUT2D eigenvalue weighted by Crippen LogP contribution is -3.00. The van der Waals surface area contributed by atoms with Crippen molar-refractivity contribution in [1.29, 1.82) is 0 Å². The monoisotopic (exact) mass is 453 g/mol. The summed E-state index contributed by atoms with van der Waals surface area (Å²) < 4.78 is 19.8. The number of quaternary nitrogens is 1. The van der Waals surface area contributed by atoms with Gasteiger partial charge in [-0.3, -0.25) is 0 Å². The van der Waals surface area contributed by atoms with Gasteiger partial charge in [0.15, 0.2) is 0 Å². The van der Waals surface area contributed by atoms with Crippen molar-refractivity contribution in [1.82, 2.24) is 0 Å². The predicted octanol–water partition coefficient (Wildman–Crippen LogP) is 3.43. The molecule has 0 aliphatic heterocycles. The number of halogens is 1. The second kappa shape index (κ2) is 20.3. The van der Waals surface area contributed by atoms with Gasteiger partial charge in [-0.05, 0) is 32.1 Å². The third kappa shape index (κ3) is 17.7. The highest BCUT2D eigenvalue weighted by atomic mass is 35.5. The maximum absolute atomic E-state index is 6.23. The lowest BCUT2D eigenvalue weighted by atomic mass is 10.1. The first-order valence-corrected chi connectivity index (χ1v) is 14.1. The van der Waals surface area contributed by atoms with Gasteiger partial charge in [-0.25, -0.2) is 0 Å². The molecule has 178 valence electrons. The Kier molecular flexibility index (Phi) is 22.0. The van der Waals surface area contributed by atoms with Gasteiger partial charge in [0.1, 0.15) is 0 Å². The molecule has 0 aromatic carbocycles. The summed E-state index contributed by atoms with van der Waals surface area (Å²) in [7, 11) is 2.21. The van der Waals surface area contributed by atoms with E-state index in [4.69, 9.17) is 13.3 Å². The molecule has 0 N–H and O–H groups in total. The fraction of sp³-hybridized carbons (Fsp3) is 1.00. The van der Waals surface area contributed by atoms with Crippen molar-refractivity contribution in [3.8, 4) is 0 Å². The van der Waals surface area contributed by atoms with Gasteiger partial charge in [0, 0.05) is 32.3 Å². The van der Waals surface area contributed by atoms with Gasteiger partial charge in [0.2, 0.25) is 0 Å². The molecule has 0 bridgehead atoms. The van der Waals surface area contributed by atoms with Crippen LogP contribution in [0.2, 0.25) is 6.04 Å². The first kappa shape index (κ1) is 31.5. The van der Waals surface area contributed by atoms with Crippen LogP contribution in [0.5, 0.6) is 0 Å². The zero-order valence-corrected chi connectivity index (χ0v) is 22.3. The number of rotatable bonds is 21. The van der Waals surface area contributed by atoms with Gasteiger partial charge in [-0.15, -0.1) is 0 Å². The van der Waals surface area contributed by atoms with E-state index < -0.39 is 8.80 Å². The van der Waals surface area contributed by atoms with Crippen LogP contribution in [0.1, 0.15) is 98.3 Å². The number of unbranched alkanes of at least 4 members (excludes halogenated alkanes) is 6. The van der Waals surface area contributed by atoms with Crippen molar-refractivity contribution in [2.75, 3.05) is 47.0 Å². The van der Waals surface area contributed by atoms with E-state index in [1.807, 2.05) is 0 Å². The van der Waals surface area contributed by atoms with Crippen LogP contribution in [-0.2, 0) is 13.3 Å². The van der Waals surface area contributed by atoms with E-state index in [-0.39, 0.29) is 12.4 Å². The van der Waals surface area contributed by atoms with E-state index >= 15 is 0 Å². The molecule has 0 aliphatic carbocycles. The second-order valence-electron chi connectivity index (χ2n) is 8.84. The van der Waals surface area contributed by atoms with Crippen molar-refractivity contribution < 1.29 is 30.2 Å². The highest BCUT2D eigenvalue weighted by Gasteiger charge is 2.41. The SMILES string of the molecule is CCCCCCCCC[N+](C)(C)CCC[Si](OCCC)(OCCC)OCCC.[Cl-]. The van der Waals surface area contributed by atoms with Crippen LogP contribution in [0.3, 0.4) is 0 Å². The minimum Gasteiger partial charge on any atom is -1.00 e. The van der Waals surface area contributed by atoms with Crippen LogP contribution in [0.15, 0.2) is 0 Å². The van der Waals surface area contributed by atoms with E-state index in [0.717, 1.165) is 56.0 Å². The first-order valence-electron chi connectivity index (χ1n) is 12.2. The van der Waals surface area contributed by atoms with Crippen LogP contribution < -0.4 is 12.4 Å². The summed E-state index contributed by atoms with van der Waals surface area (Å²) in [5.41, 5.74) is 0. The Bertz CT molecular complexity index is 324. The smallest absolute Gasteiger partial charge is 0.501 e. The second-order valence-corrected chi connectivity index (χ2v) is 11.6. The van der Waals surface area contributed by atoms with Crippen LogP contribution in [0, 0.1) is 0 Å². The van der Waals surface area contributed by atoms with E-state index in [1.54, 1.807) is 0 Å². The highest BCUT2D eigenvalue weighted by molar-refractivity contribution is 6.60. The lowest BCUT2D eigenvalue weighted by molar-refractivity contribution is -0.890. The Morgan fingerprint density at radius 2 is 0.966 bits per heavy atom. The summed E-state index contributed by atoms with van der Waals surface area (Å²) >= 11 is 0. The topological polar surface area (TPSA) is 27.7 Å². The van der Waals surface area contributed by atoms with E-state index in [2.05, 4.69) is 41.8 Å². The average molecular weight is 454 g/mol. The third-order valence-electron chi connectivity index (χ3n) is 5.19. The van der Waals surface area contributed by atoms with Crippen LogP contribution in [-0.4, -0.2) is 60.3 Å². The number of nitrogens with zero attached hydrogens (tertiary/aromatic N) is 1.